The van der Waals surface area contributed by atoms with Gasteiger partial charge in [-0.2, -0.15) is 0 Å². The Morgan fingerprint density at radius 1 is 1.14 bits per heavy atom. The summed E-state index contributed by atoms with van der Waals surface area (Å²) in [7, 11) is 0. The predicted octanol–water partition coefficient (Wildman–Crippen LogP) is 5.12. The molecule has 0 unspecified atom stereocenters. The van der Waals surface area contributed by atoms with Crippen LogP contribution in [0.2, 0.25) is 0 Å². The van der Waals surface area contributed by atoms with E-state index in [0.29, 0.717) is 0 Å². The van der Waals surface area contributed by atoms with Crippen LogP contribution in [0.4, 0.5) is 10.1 Å². The van der Waals surface area contributed by atoms with Gasteiger partial charge in [0, 0.05) is 17.0 Å². The van der Waals surface area contributed by atoms with Crippen LogP contribution in [0.5, 0.6) is 0 Å². The number of unbranched alkanes of at least 4 members (excludes halogenated alkanes) is 2. The van der Waals surface area contributed by atoms with Crippen molar-refractivity contribution in [3.05, 3.63) is 53.0 Å². The quantitative estimate of drug-likeness (QED) is 0.707. The highest BCUT2D eigenvalue weighted by atomic mass is 19.1. The van der Waals surface area contributed by atoms with Crippen LogP contribution in [-0.2, 0) is 4.79 Å². The number of nitrogens with zero attached hydrogens (tertiary/aromatic N) is 1. The van der Waals surface area contributed by atoms with Gasteiger partial charge >= 0.3 is 0 Å². The van der Waals surface area contributed by atoms with E-state index in [1.54, 1.807) is 17.0 Å². The van der Waals surface area contributed by atoms with Crippen molar-refractivity contribution in [2.75, 3.05) is 4.90 Å². The van der Waals surface area contributed by atoms with E-state index in [0.717, 1.165) is 61.9 Å². The number of hydrogen-bond acceptors (Lipinski definition) is 1. The van der Waals surface area contributed by atoms with Crippen molar-refractivity contribution >= 4 is 11.6 Å². The molecule has 116 valence electrons. The average molecular weight is 299 g/mol. The van der Waals surface area contributed by atoms with Gasteiger partial charge < -0.3 is 0 Å². The van der Waals surface area contributed by atoms with E-state index in [2.05, 4.69) is 13.0 Å². The van der Waals surface area contributed by atoms with Gasteiger partial charge in [0.1, 0.15) is 5.82 Å². The van der Waals surface area contributed by atoms with E-state index in [4.69, 9.17) is 0 Å². The smallest absolute Gasteiger partial charge is 0.259 e. The topological polar surface area (TPSA) is 20.3 Å². The molecule has 0 bridgehead atoms. The first-order valence-corrected chi connectivity index (χ1v) is 8.25. The second kappa shape index (κ2) is 6.47. The van der Waals surface area contributed by atoms with Crippen molar-refractivity contribution in [1.29, 1.82) is 0 Å². The molecular weight excluding hydrogens is 277 g/mol. The third-order valence-corrected chi connectivity index (χ3v) is 4.46. The fourth-order valence-electron chi connectivity index (χ4n) is 3.31. The van der Waals surface area contributed by atoms with E-state index >= 15 is 0 Å². The molecule has 3 rings (SSSR count). The molecular formula is C19H22FNO. The first-order valence-electron chi connectivity index (χ1n) is 8.25. The number of allylic oxidation sites excluding steroid dienone is 2. The first kappa shape index (κ1) is 15.0. The zero-order valence-corrected chi connectivity index (χ0v) is 13.1. The molecule has 0 N–H and O–H groups in total. The number of anilines is 1. The van der Waals surface area contributed by atoms with Crippen LogP contribution in [0.25, 0.3) is 0 Å². The lowest BCUT2D eigenvalue weighted by atomic mass is 9.92. The molecule has 2 aliphatic rings. The lowest BCUT2D eigenvalue weighted by Crippen LogP contribution is -2.25. The van der Waals surface area contributed by atoms with Crippen LogP contribution < -0.4 is 4.90 Å². The molecule has 1 amide bonds. The highest BCUT2D eigenvalue weighted by molar-refractivity contribution is 6.13. The van der Waals surface area contributed by atoms with E-state index < -0.39 is 0 Å². The Kier molecular flexibility index (Phi) is 4.41. The minimum Gasteiger partial charge on any atom is -0.277 e. The summed E-state index contributed by atoms with van der Waals surface area (Å²) in [5.74, 6) is -0.186. The van der Waals surface area contributed by atoms with Crippen molar-refractivity contribution < 1.29 is 9.18 Å². The maximum Gasteiger partial charge on any atom is 0.259 e. The van der Waals surface area contributed by atoms with Crippen molar-refractivity contribution in [3.63, 3.8) is 0 Å². The fourth-order valence-corrected chi connectivity index (χ4v) is 3.31. The molecule has 0 saturated heterocycles. The number of carbonyl (C=O) groups is 1. The molecule has 0 aromatic heterocycles. The molecule has 1 aromatic rings. The number of benzene rings is 1. The summed E-state index contributed by atoms with van der Waals surface area (Å²) in [5, 5.41) is 0. The lowest BCUT2D eigenvalue weighted by molar-refractivity contribution is -0.114. The highest BCUT2D eigenvalue weighted by Crippen LogP contribution is 2.41. The van der Waals surface area contributed by atoms with Crippen LogP contribution in [0.3, 0.4) is 0 Å². The zero-order chi connectivity index (χ0) is 15.5. The molecule has 1 aliphatic heterocycles. The Labute approximate surface area is 131 Å². The van der Waals surface area contributed by atoms with E-state index in [9.17, 15) is 9.18 Å². The Balaban J connectivity index is 1.98. The number of halogens is 1. The van der Waals surface area contributed by atoms with Gasteiger partial charge in [-0.25, -0.2) is 4.39 Å². The fraction of sp³-hybridized carbons (Fsp3) is 0.421. The van der Waals surface area contributed by atoms with Crippen LogP contribution in [0.15, 0.2) is 47.2 Å². The van der Waals surface area contributed by atoms with Gasteiger partial charge in [-0.05, 0) is 68.4 Å². The van der Waals surface area contributed by atoms with Crippen molar-refractivity contribution in [3.8, 4) is 0 Å². The van der Waals surface area contributed by atoms with Gasteiger partial charge in [0.2, 0.25) is 0 Å². The summed E-state index contributed by atoms with van der Waals surface area (Å²) in [6, 6.07) is 6.23. The molecule has 0 spiro atoms. The molecule has 22 heavy (non-hydrogen) atoms. The highest BCUT2D eigenvalue weighted by Gasteiger charge is 2.36. The Hall–Kier alpha value is -1.90. The molecule has 1 heterocycles. The maximum atomic E-state index is 13.2. The summed E-state index contributed by atoms with van der Waals surface area (Å²) in [5.41, 5.74) is 4.00. The van der Waals surface area contributed by atoms with Crippen LogP contribution in [0, 0.1) is 5.82 Å². The maximum absolute atomic E-state index is 13.2. The molecule has 0 radical (unpaired) electrons. The summed E-state index contributed by atoms with van der Waals surface area (Å²) >= 11 is 0. The van der Waals surface area contributed by atoms with Crippen LogP contribution in [0.1, 0.15) is 51.9 Å². The van der Waals surface area contributed by atoms with E-state index in [1.165, 1.54) is 17.7 Å². The van der Waals surface area contributed by atoms with Gasteiger partial charge in [0.15, 0.2) is 0 Å². The van der Waals surface area contributed by atoms with E-state index in [1.807, 2.05) is 0 Å². The van der Waals surface area contributed by atoms with Gasteiger partial charge in [-0.15, -0.1) is 0 Å². The third kappa shape index (κ3) is 2.72. The minimum atomic E-state index is -0.273. The van der Waals surface area contributed by atoms with Gasteiger partial charge in [0.05, 0.1) is 0 Å². The van der Waals surface area contributed by atoms with Crippen molar-refractivity contribution in [2.24, 2.45) is 0 Å². The monoisotopic (exact) mass is 299 g/mol. The van der Waals surface area contributed by atoms with Crippen LogP contribution >= 0.6 is 0 Å². The Morgan fingerprint density at radius 3 is 2.50 bits per heavy atom. The number of hydrogen-bond donors (Lipinski definition) is 0. The summed E-state index contributed by atoms with van der Waals surface area (Å²) in [6.07, 6.45) is 9.52. The van der Waals surface area contributed by atoms with Gasteiger partial charge in [-0.1, -0.05) is 19.4 Å². The normalized spacial score (nSPS) is 20.0. The second-order valence-electron chi connectivity index (χ2n) is 6.01. The standard InChI is InChI=1S/C19H22FNO/c1-2-3-4-9-18-16-7-5-6-8-17(16)19(22)21(18)15-12-10-14(20)11-13-15/h9-13H,2-8H2,1H3. The molecule has 0 fully saturated rings. The molecule has 3 heteroatoms. The van der Waals surface area contributed by atoms with Gasteiger partial charge in [-0.3, -0.25) is 9.69 Å². The van der Waals surface area contributed by atoms with Crippen LogP contribution in [-0.4, -0.2) is 5.91 Å². The number of rotatable bonds is 4. The largest absolute Gasteiger partial charge is 0.277 e. The lowest BCUT2D eigenvalue weighted by Gasteiger charge is -2.20. The van der Waals surface area contributed by atoms with Crippen molar-refractivity contribution in [1.82, 2.24) is 0 Å². The summed E-state index contributed by atoms with van der Waals surface area (Å²) in [6.45, 7) is 2.17. The SMILES string of the molecule is CCCCC=C1C2=C(CCCC2)C(=O)N1c1ccc(F)cc1. The van der Waals surface area contributed by atoms with E-state index in [-0.39, 0.29) is 11.7 Å². The predicted molar refractivity (Wildman–Crippen MR) is 87.0 cm³/mol. The third-order valence-electron chi connectivity index (χ3n) is 4.46. The van der Waals surface area contributed by atoms with Gasteiger partial charge in [0.25, 0.3) is 5.91 Å². The Bertz CT molecular complexity index is 627. The summed E-state index contributed by atoms with van der Waals surface area (Å²) < 4.78 is 13.2. The molecule has 0 atom stereocenters. The second-order valence-corrected chi connectivity index (χ2v) is 6.01. The molecule has 0 saturated carbocycles. The Morgan fingerprint density at radius 2 is 1.82 bits per heavy atom. The summed E-state index contributed by atoms with van der Waals surface area (Å²) in [4.78, 5) is 14.6. The molecule has 1 aromatic carbocycles. The number of amides is 1. The number of carbonyl (C=O) groups excluding carboxylic acids is 1. The average Bonchev–Trinajstić information content (AvgIpc) is 2.82. The first-order chi connectivity index (χ1) is 10.7. The molecule has 1 aliphatic carbocycles. The zero-order valence-electron chi connectivity index (χ0n) is 13.1. The van der Waals surface area contributed by atoms with Crippen molar-refractivity contribution in [2.45, 2.75) is 51.9 Å². The minimum absolute atomic E-state index is 0.0871. The molecule has 2 nitrogen and oxygen atoms in total.